The number of rotatable bonds is 8. The van der Waals surface area contributed by atoms with Gasteiger partial charge in [0.05, 0.1) is 12.1 Å². The van der Waals surface area contributed by atoms with E-state index < -0.39 is 6.10 Å². The Balaban J connectivity index is 1.47. The van der Waals surface area contributed by atoms with Crippen molar-refractivity contribution in [2.24, 2.45) is 11.3 Å². The molecule has 38 heavy (non-hydrogen) atoms. The highest BCUT2D eigenvalue weighted by atomic mass is 79.9. The summed E-state index contributed by atoms with van der Waals surface area (Å²) in [6.07, 6.45) is 3.83. The Labute approximate surface area is 233 Å². The van der Waals surface area contributed by atoms with Gasteiger partial charge in [-0.2, -0.15) is 5.21 Å². The van der Waals surface area contributed by atoms with Crippen molar-refractivity contribution in [3.63, 3.8) is 0 Å². The number of hydrogen-bond acceptors (Lipinski definition) is 5. The van der Waals surface area contributed by atoms with Crippen LogP contribution in [0.4, 0.5) is 4.79 Å². The molecule has 3 aromatic rings. The molecule has 2 aromatic carbocycles. The molecular formula is C29H39BrN6O2. The molecule has 0 radical (unpaired) electrons. The minimum Gasteiger partial charge on any atom is -0.388 e. The predicted octanol–water partition coefficient (Wildman–Crippen LogP) is 6.12. The first-order chi connectivity index (χ1) is 18.1. The largest absolute Gasteiger partial charge is 0.388 e. The van der Waals surface area contributed by atoms with Crippen molar-refractivity contribution < 1.29 is 9.90 Å². The molecule has 1 saturated carbocycles. The van der Waals surface area contributed by atoms with E-state index in [9.17, 15) is 9.90 Å². The molecule has 1 fully saturated rings. The molecule has 1 aromatic heterocycles. The van der Waals surface area contributed by atoms with Gasteiger partial charge < -0.3 is 15.3 Å². The second kappa shape index (κ2) is 12.4. The van der Waals surface area contributed by atoms with Crippen molar-refractivity contribution in [2.75, 3.05) is 0 Å². The van der Waals surface area contributed by atoms with Gasteiger partial charge in [-0.1, -0.05) is 78.3 Å². The lowest BCUT2D eigenvalue weighted by Crippen LogP contribution is -2.48. The molecule has 0 aliphatic heterocycles. The third kappa shape index (κ3) is 7.41. The van der Waals surface area contributed by atoms with E-state index in [0.29, 0.717) is 18.3 Å². The minimum atomic E-state index is -0.722. The van der Waals surface area contributed by atoms with Gasteiger partial charge in [0, 0.05) is 23.5 Å². The van der Waals surface area contributed by atoms with Crippen molar-refractivity contribution in [1.82, 2.24) is 30.8 Å². The summed E-state index contributed by atoms with van der Waals surface area (Å²) >= 11 is 3.48. The highest BCUT2D eigenvalue weighted by Gasteiger charge is 2.34. The number of urea groups is 1. The number of aromatic nitrogens is 4. The van der Waals surface area contributed by atoms with E-state index >= 15 is 0 Å². The summed E-state index contributed by atoms with van der Waals surface area (Å²) in [6, 6.07) is 15.9. The van der Waals surface area contributed by atoms with Crippen LogP contribution in [0.5, 0.6) is 0 Å². The number of aliphatic hydroxyl groups is 1. The van der Waals surface area contributed by atoms with E-state index in [1.807, 2.05) is 60.4 Å². The van der Waals surface area contributed by atoms with E-state index in [1.165, 1.54) is 0 Å². The normalized spacial score (nSPS) is 19.5. The summed E-state index contributed by atoms with van der Waals surface area (Å²) in [5.74, 6) is 1.14. The lowest BCUT2D eigenvalue weighted by molar-refractivity contribution is 0.103. The van der Waals surface area contributed by atoms with E-state index in [4.69, 9.17) is 0 Å². The topological polar surface area (TPSA) is 107 Å². The van der Waals surface area contributed by atoms with Crippen molar-refractivity contribution in [3.05, 3.63) is 75.5 Å². The maximum Gasteiger partial charge on any atom is 0.318 e. The van der Waals surface area contributed by atoms with Crippen LogP contribution in [-0.2, 0) is 13.0 Å². The summed E-state index contributed by atoms with van der Waals surface area (Å²) < 4.78 is 1.02. The molecule has 2 atom stereocenters. The number of hydrogen-bond donors (Lipinski definition) is 3. The zero-order valence-electron chi connectivity index (χ0n) is 22.7. The van der Waals surface area contributed by atoms with Crippen LogP contribution >= 0.6 is 15.9 Å². The van der Waals surface area contributed by atoms with Gasteiger partial charge in [-0.05, 0) is 72.8 Å². The number of carbonyl (C=O) groups excluding carboxylic acids is 1. The third-order valence-electron chi connectivity index (χ3n) is 7.82. The first-order valence-corrected chi connectivity index (χ1v) is 14.2. The second-order valence-electron chi connectivity index (χ2n) is 11.5. The fraction of sp³-hybridized carbons (Fsp3) is 0.517. The average Bonchev–Trinajstić information content (AvgIpc) is 3.40. The molecule has 0 saturated heterocycles. The molecule has 2 unspecified atom stereocenters. The molecular weight excluding hydrogens is 544 g/mol. The SMILES string of the molecule is CC(NC(=O)N(Cc1ccc(C(O)Cc2nn[nH]n2)cc1)C1CCC(C(C)(C)C)CC1)c1ccc(Br)cc1. The zero-order valence-corrected chi connectivity index (χ0v) is 24.3. The fourth-order valence-corrected chi connectivity index (χ4v) is 5.59. The van der Waals surface area contributed by atoms with Crippen molar-refractivity contribution in [1.29, 1.82) is 0 Å². The fourth-order valence-electron chi connectivity index (χ4n) is 5.32. The second-order valence-corrected chi connectivity index (χ2v) is 12.4. The Morgan fingerprint density at radius 3 is 2.29 bits per heavy atom. The van der Waals surface area contributed by atoms with E-state index in [-0.39, 0.29) is 30.0 Å². The Bertz CT molecular complexity index is 1150. The molecule has 8 nitrogen and oxygen atoms in total. The van der Waals surface area contributed by atoms with Gasteiger partial charge >= 0.3 is 6.03 Å². The van der Waals surface area contributed by atoms with Gasteiger partial charge in [-0.15, -0.1) is 10.2 Å². The van der Waals surface area contributed by atoms with Crippen LogP contribution in [0.2, 0.25) is 0 Å². The van der Waals surface area contributed by atoms with Crippen molar-refractivity contribution in [2.45, 2.75) is 84.5 Å². The number of nitrogens with one attached hydrogen (secondary N) is 2. The molecule has 4 rings (SSSR count). The van der Waals surface area contributed by atoms with Crippen LogP contribution in [0.25, 0.3) is 0 Å². The summed E-state index contributed by atoms with van der Waals surface area (Å²) in [6.45, 7) is 9.49. The minimum absolute atomic E-state index is 0.0409. The highest BCUT2D eigenvalue weighted by molar-refractivity contribution is 9.10. The number of tetrazole rings is 1. The van der Waals surface area contributed by atoms with Gasteiger partial charge in [0.1, 0.15) is 0 Å². The van der Waals surface area contributed by atoms with Gasteiger partial charge in [-0.25, -0.2) is 4.79 Å². The number of carbonyl (C=O) groups is 1. The molecule has 0 bridgehead atoms. The number of aliphatic hydroxyl groups excluding tert-OH is 1. The molecule has 204 valence electrons. The van der Waals surface area contributed by atoms with Gasteiger partial charge in [-0.3, -0.25) is 0 Å². The lowest BCUT2D eigenvalue weighted by atomic mass is 9.71. The Kier molecular flexibility index (Phi) is 9.20. The standard InChI is InChI=1S/C29H39BrN6O2/c1-19(21-9-13-24(30)14-10-21)31-28(38)36(25-15-11-23(12-16-25)29(2,3)4)18-20-5-7-22(8-6-20)26(37)17-27-32-34-35-33-27/h5-10,13-14,19,23,25-26,37H,11-12,15-18H2,1-4H3,(H,31,38)(H,32,33,34,35). The molecule has 1 aliphatic rings. The summed E-state index contributed by atoms with van der Waals surface area (Å²) in [7, 11) is 0. The summed E-state index contributed by atoms with van der Waals surface area (Å²) in [5.41, 5.74) is 3.17. The molecule has 1 heterocycles. The Morgan fingerprint density at radius 1 is 1.08 bits per heavy atom. The first kappa shape index (κ1) is 28.2. The smallest absolute Gasteiger partial charge is 0.318 e. The molecule has 1 aliphatic carbocycles. The first-order valence-electron chi connectivity index (χ1n) is 13.4. The quantitative estimate of drug-likeness (QED) is 0.297. The summed E-state index contributed by atoms with van der Waals surface area (Å²) in [4.78, 5) is 15.7. The van der Waals surface area contributed by atoms with Crippen LogP contribution < -0.4 is 5.32 Å². The monoisotopic (exact) mass is 582 g/mol. The van der Waals surface area contributed by atoms with Gasteiger partial charge in [0.2, 0.25) is 0 Å². The zero-order chi connectivity index (χ0) is 27.3. The maximum absolute atomic E-state index is 13.7. The average molecular weight is 584 g/mol. The Morgan fingerprint density at radius 2 is 1.71 bits per heavy atom. The van der Waals surface area contributed by atoms with E-state index in [2.05, 4.69) is 62.6 Å². The highest BCUT2D eigenvalue weighted by Crippen LogP contribution is 2.39. The third-order valence-corrected chi connectivity index (χ3v) is 8.34. The molecule has 9 heteroatoms. The molecule has 0 spiro atoms. The van der Waals surface area contributed by atoms with Crippen molar-refractivity contribution >= 4 is 22.0 Å². The molecule has 2 amide bonds. The Hall–Kier alpha value is -2.78. The molecule has 3 N–H and O–H groups in total. The number of benzene rings is 2. The number of nitrogens with zero attached hydrogens (tertiary/aromatic N) is 4. The van der Waals surface area contributed by atoms with Crippen LogP contribution in [0, 0.1) is 11.3 Å². The number of amides is 2. The van der Waals surface area contributed by atoms with Crippen LogP contribution in [0.15, 0.2) is 53.0 Å². The van der Waals surface area contributed by atoms with Gasteiger partial charge in [0.25, 0.3) is 0 Å². The van der Waals surface area contributed by atoms with Crippen LogP contribution in [-0.4, -0.2) is 42.7 Å². The predicted molar refractivity (Wildman–Crippen MR) is 151 cm³/mol. The summed E-state index contributed by atoms with van der Waals surface area (Å²) in [5, 5.41) is 27.6. The van der Waals surface area contributed by atoms with E-state index in [0.717, 1.165) is 46.8 Å². The van der Waals surface area contributed by atoms with Gasteiger partial charge in [0.15, 0.2) is 5.82 Å². The van der Waals surface area contributed by atoms with Crippen LogP contribution in [0.1, 0.15) is 88.0 Å². The number of halogens is 1. The number of H-pyrrole nitrogens is 1. The lowest BCUT2D eigenvalue weighted by Gasteiger charge is -2.41. The number of aromatic amines is 1. The van der Waals surface area contributed by atoms with Crippen molar-refractivity contribution in [3.8, 4) is 0 Å². The van der Waals surface area contributed by atoms with Crippen LogP contribution in [0.3, 0.4) is 0 Å². The van der Waals surface area contributed by atoms with E-state index in [1.54, 1.807) is 0 Å². The maximum atomic E-state index is 13.7.